The number of hydrogen-bond acceptors (Lipinski definition) is 6. The lowest BCUT2D eigenvalue weighted by molar-refractivity contribution is -0.138. The van der Waals surface area contributed by atoms with Crippen molar-refractivity contribution in [3.05, 3.63) is 59.8 Å². The summed E-state index contributed by atoms with van der Waals surface area (Å²) < 4.78 is 0. The fourth-order valence-electron chi connectivity index (χ4n) is 5.97. The average molecular weight is 746 g/mol. The van der Waals surface area contributed by atoms with Crippen LogP contribution in [0.15, 0.2) is 42.9 Å². The minimum absolute atomic E-state index is 0. The van der Waals surface area contributed by atoms with Crippen LogP contribution in [-0.4, -0.2) is 67.2 Å². The molecule has 13 heteroatoms. The monoisotopic (exact) mass is 745 g/mol. The lowest BCUT2D eigenvalue weighted by Gasteiger charge is -2.29. The van der Waals surface area contributed by atoms with Crippen molar-refractivity contribution in [2.45, 2.75) is 79.3 Å². The number of aromatic nitrogens is 4. The number of anilines is 1. The maximum atomic E-state index is 13.1. The van der Waals surface area contributed by atoms with Gasteiger partial charge in [0.25, 0.3) is 0 Å². The third kappa shape index (κ3) is 10.8. The molecule has 0 aliphatic carbocycles. The number of H-pyrrole nitrogens is 1. The van der Waals surface area contributed by atoms with Gasteiger partial charge in [0.05, 0.1) is 23.5 Å². The molecule has 2 aliphatic rings. The minimum Gasteiger partial charge on any atom is -0.352 e. The molecule has 4 heterocycles. The number of benzene rings is 1. The fraction of sp³-hybridized carbons (Fsp3) is 0.528. The van der Waals surface area contributed by atoms with Gasteiger partial charge in [-0.15, -0.1) is 0 Å². The standard InChI is InChI=1S/C36H47N7O2.4H2S/c1-23(2)25(5)34(44)42-17-7-9-30(42)21-40-36-38-19-28(20-39-36)12-11-27-13-15-29(16-14-27)31-22-37-33(41-31)32-10-8-18-43(32)35(45)26(6)24(3)4;;;;/h13-16,19-20,22-26,30,32H,7-10,17-18,21H2,1-6H3,(H,37,41)(H,38,39,40);4*1H2/t25-,26-,30-,32-;;;;/m0..../s1. The second kappa shape index (κ2) is 20.2. The molecule has 2 N–H and O–H groups in total. The van der Waals surface area contributed by atoms with Crippen LogP contribution in [0.5, 0.6) is 0 Å². The van der Waals surface area contributed by atoms with Crippen molar-refractivity contribution in [1.29, 1.82) is 0 Å². The zero-order valence-corrected chi connectivity index (χ0v) is 33.5. The first kappa shape index (κ1) is 44.2. The Bertz CT molecular complexity index is 1540. The van der Waals surface area contributed by atoms with Gasteiger partial charge in [0.2, 0.25) is 17.8 Å². The summed E-state index contributed by atoms with van der Waals surface area (Å²) in [6.45, 7) is 14.7. The fourth-order valence-corrected chi connectivity index (χ4v) is 5.97. The highest BCUT2D eigenvalue weighted by Crippen LogP contribution is 2.33. The Morgan fingerprint density at radius 3 is 1.94 bits per heavy atom. The van der Waals surface area contributed by atoms with Crippen LogP contribution in [0.2, 0.25) is 0 Å². The van der Waals surface area contributed by atoms with Crippen LogP contribution >= 0.6 is 54.0 Å². The number of amides is 2. The Balaban J connectivity index is 0.00000300. The van der Waals surface area contributed by atoms with Crippen LogP contribution in [0.1, 0.15) is 90.2 Å². The van der Waals surface area contributed by atoms with Crippen molar-refractivity contribution in [1.82, 2.24) is 29.7 Å². The van der Waals surface area contributed by atoms with E-state index in [2.05, 4.69) is 64.8 Å². The van der Waals surface area contributed by atoms with Crippen molar-refractivity contribution < 1.29 is 9.59 Å². The van der Waals surface area contributed by atoms with E-state index < -0.39 is 0 Å². The molecule has 0 unspecified atom stereocenters. The number of carbonyl (C=O) groups is 2. The first-order chi connectivity index (χ1) is 21.6. The molecule has 0 bridgehead atoms. The van der Waals surface area contributed by atoms with Gasteiger partial charge in [-0.05, 0) is 55.2 Å². The molecule has 5 rings (SSSR count). The third-order valence-electron chi connectivity index (χ3n) is 9.58. The molecule has 270 valence electrons. The Kier molecular flexibility index (Phi) is 18.2. The molecule has 0 saturated carbocycles. The van der Waals surface area contributed by atoms with Gasteiger partial charge in [0.15, 0.2) is 0 Å². The minimum atomic E-state index is -0.000609. The number of hydrogen-bond donors (Lipinski definition) is 2. The van der Waals surface area contributed by atoms with Crippen LogP contribution in [0.25, 0.3) is 11.3 Å². The molecule has 0 spiro atoms. The quantitative estimate of drug-likeness (QED) is 0.247. The predicted molar refractivity (Wildman–Crippen MR) is 218 cm³/mol. The number of nitrogens with zero attached hydrogens (tertiary/aromatic N) is 5. The molecule has 2 amide bonds. The van der Waals surface area contributed by atoms with Gasteiger partial charge < -0.3 is 20.1 Å². The summed E-state index contributed by atoms with van der Waals surface area (Å²) in [4.78, 5) is 47.0. The molecule has 49 heavy (non-hydrogen) atoms. The lowest BCUT2D eigenvalue weighted by Crippen LogP contribution is -2.43. The van der Waals surface area contributed by atoms with E-state index in [1.165, 1.54) is 0 Å². The molecule has 2 aromatic heterocycles. The molecular weight excluding hydrogens is 691 g/mol. The van der Waals surface area contributed by atoms with Crippen LogP contribution in [0.3, 0.4) is 0 Å². The first-order valence-corrected chi connectivity index (χ1v) is 16.5. The van der Waals surface area contributed by atoms with E-state index in [-0.39, 0.29) is 89.7 Å². The number of imidazole rings is 1. The van der Waals surface area contributed by atoms with Gasteiger partial charge in [-0.25, -0.2) is 15.0 Å². The van der Waals surface area contributed by atoms with Crippen molar-refractivity contribution >= 4 is 71.7 Å². The van der Waals surface area contributed by atoms with E-state index in [0.29, 0.717) is 24.3 Å². The summed E-state index contributed by atoms with van der Waals surface area (Å²) in [5.74, 6) is 8.86. The predicted octanol–water partition coefficient (Wildman–Crippen LogP) is 6.37. The van der Waals surface area contributed by atoms with Crippen LogP contribution < -0.4 is 5.32 Å². The maximum Gasteiger partial charge on any atom is 0.226 e. The highest BCUT2D eigenvalue weighted by molar-refractivity contribution is 7.59. The van der Waals surface area contributed by atoms with E-state index >= 15 is 0 Å². The Hall–Kier alpha value is -2.79. The first-order valence-electron chi connectivity index (χ1n) is 16.5. The van der Waals surface area contributed by atoms with Crippen molar-refractivity contribution in [3.8, 4) is 23.1 Å². The Morgan fingerprint density at radius 1 is 0.776 bits per heavy atom. The summed E-state index contributed by atoms with van der Waals surface area (Å²) in [5, 5.41) is 3.31. The number of carbonyl (C=O) groups excluding carboxylic acids is 2. The Morgan fingerprint density at radius 2 is 1.33 bits per heavy atom. The van der Waals surface area contributed by atoms with Crippen molar-refractivity contribution in [3.63, 3.8) is 0 Å². The zero-order valence-electron chi connectivity index (χ0n) is 29.5. The third-order valence-corrected chi connectivity index (χ3v) is 9.58. The normalized spacial score (nSPS) is 17.9. The Labute approximate surface area is 320 Å². The van der Waals surface area contributed by atoms with Gasteiger partial charge in [-0.1, -0.05) is 65.5 Å². The zero-order chi connectivity index (χ0) is 32.1. The van der Waals surface area contributed by atoms with Gasteiger partial charge >= 0.3 is 0 Å². The van der Waals surface area contributed by atoms with E-state index in [0.717, 1.165) is 67.0 Å². The average Bonchev–Trinajstić information content (AvgIpc) is 3.83. The van der Waals surface area contributed by atoms with E-state index in [1.54, 1.807) is 12.4 Å². The van der Waals surface area contributed by atoms with Crippen molar-refractivity contribution in [2.24, 2.45) is 23.7 Å². The summed E-state index contributed by atoms with van der Waals surface area (Å²) in [6, 6.07) is 8.21. The van der Waals surface area contributed by atoms with E-state index in [4.69, 9.17) is 0 Å². The molecule has 9 nitrogen and oxygen atoms in total. The molecule has 0 radical (unpaired) electrons. The molecule has 3 aromatic rings. The van der Waals surface area contributed by atoms with Crippen LogP contribution in [-0.2, 0) is 9.59 Å². The molecule has 2 fully saturated rings. The molecule has 4 atom stereocenters. The van der Waals surface area contributed by atoms with Gasteiger partial charge in [0, 0.05) is 55.5 Å². The van der Waals surface area contributed by atoms with Gasteiger partial charge in [-0.2, -0.15) is 54.0 Å². The van der Waals surface area contributed by atoms with Gasteiger partial charge in [-0.3, -0.25) is 9.59 Å². The summed E-state index contributed by atoms with van der Waals surface area (Å²) in [7, 11) is 0. The summed E-state index contributed by atoms with van der Waals surface area (Å²) in [5.41, 5.74) is 3.56. The molecule has 1 aromatic carbocycles. The van der Waals surface area contributed by atoms with Crippen molar-refractivity contribution in [2.75, 3.05) is 25.0 Å². The number of nitrogens with one attached hydrogen (secondary N) is 2. The number of rotatable bonds is 9. The topological polar surface area (TPSA) is 107 Å². The highest BCUT2D eigenvalue weighted by atomic mass is 32.1. The SMILES string of the molecule is CC(C)[C@H](C)C(=O)N1CCC[C@H]1CNc1ncc(C#Cc2ccc(-c3cnc([C@@H]4CCCN4C(=O)[C@@H](C)C(C)C)[nH]3)cc2)cn1.S.S.S.S. The van der Waals surface area contributed by atoms with Crippen LogP contribution in [0, 0.1) is 35.5 Å². The summed E-state index contributed by atoms with van der Waals surface area (Å²) in [6.07, 6.45) is 9.24. The van der Waals surface area contributed by atoms with Gasteiger partial charge in [0.1, 0.15) is 5.82 Å². The largest absolute Gasteiger partial charge is 0.352 e. The summed E-state index contributed by atoms with van der Waals surface area (Å²) >= 11 is 0. The van der Waals surface area contributed by atoms with Crippen LogP contribution in [0.4, 0.5) is 5.95 Å². The van der Waals surface area contributed by atoms with E-state index in [9.17, 15) is 9.59 Å². The maximum absolute atomic E-state index is 13.1. The second-order valence-electron chi connectivity index (χ2n) is 13.3. The molecular formula is C36H55N7O2S4. The molecule has 2 saturated heterocycles. The van der Waals surface area contributed by atoms with E-state index in [1.807, 2.05) is 54.1 Å². The second-order valence-corrected chi connectivity index (χ2v) is 13.3. The highest BCUT2D eigenvalue weighted by Gasteiger charge is 2.35. The number of likely N-dealkylation sites (tertiary alicyclic amines) is 2. The smallest absolute Gasteiger partial charge is 0.226 e. The number of aromatic amines is 1. The lowest BCUT2D eigenvalue weighted by atomic mass is 9.96. The molecule has 2 aliphatic heterocycles.